The summed E-state index contributed by atoms with van der Waals surface area (Å²) >= 11 is 0. The predicted molar refractivity (Wildman–Crippen MR) is 95.6 cm³/mol. The van der Waals surface area contributed by atoms with Crippen molar-refractivity contribution in [2.75, 3.05) is 19.6 Å². The topological polar surface area (TPSA) is 3.24 Å². The van der Waals surface area contributed by atoms with Crippen LogP contribution in [0.3, 0.4) is 0 Å². The van der Waals surface area contributed by atoms with Crippen molar-refractivity contribution in [1.82, 2.24) is 4.90 Å². The van der Waals surface area contributed by atoms with Crippen LogP contribution in [0.25, 0.3) is 0 Å². The normalized spacial score (nSPS) is 22.3. The zero-order valence-electron chi connectivity index (χ0n) is 16.1. The largest absolute Gasteiger partial charge is 0.303 e. The molecule has 0 radical (unpaired) electrons. The van der Waals surface area contributed by atoms with E-state index in [1.54, 1.807) is 0 Å². The van der Waals surface area contributed by atoms with Gasteiger partial charge in [-0.15, -0.1) is 0 Å². The SMILES string of the molecule is CC(CC(C)CC(C)(C)C)CN1CCC(C(C)(C)C)CC1. The highest BCUT2D eigenvalue weighted by Gasteiger charge is 2.29. The van der Waals surface area contributed by atoms with Crippen LogP contribution >= 0.6 is 0 Å². The summed E-state index contributed by atoms with van der Waals surface area (Å²) in [5, 5.41) is 0. The summed E-state index contributed by atoms with van der Waals surface area (Å²) in [5.74, 6) is 2.62. The first-order valence-electron chi connectivity index (χ1n) is 9.20. The molecule has 1 nitrogen and oxygen atoms in total. The first-order chi connectivity index (χ1) is 9.47. The molecule has 0 spiro atoms. The maximum Gasteiger partial charge on any atom is 0.000712 e. The molecule has 0 aromatic carbocycles. The molecule has 126 valence electrons. The van der Waals surface area contributed by atoms with Gasteiger partial charge in [-0.1, -0.05) is 55.4 Å². The Balaban J connectivity index is 2.29. The molecule has 1 aliphatic rings. The second-order valence-electron chi connectivity index (χ2n) is 10.2. The van der Waals surface area contributed by atoms with Crippen LogP contribution in [0.1, 0.15) is 81.1 Å². The van der Waals surface area contributed by atoms with Crippen molar-refractivity contribution in [2.45, 2.75) is 81.1 Å². The van der Waals surface area contributed by atoms with Gasteiger partial charge in [-0.3, -0.25) is 0 Å². The molecule has 1 heterocycles. The molecule has 0 aromatic rings. The maximum absolute atomic E-state index is 2.72. The summed E-state index contributed by atoms with van der Waals surface area (Å²) in [6.45, 7) is 23.2. The van der Waals surface area contributed by atoms with Crippen LogP contribution in [-0.4, -0.2) is 24.5 Å². The average molecular weight is 296 g/mol. The van der Waals surface area contributed by atoms with Gasteiger partial charge in [-0.25, -0.2) is 0 Å². The van der Waals surface area contributed by atoms with E-state index in [4.69, 9.17) is 0 Å². The van der Waals surface area contributed by atoms with Gasteiger partial charge < -0.3 is 4.90 Å². The predicted octanol–water partition coefficient (Wildman–Crippen LogP) is 5.84. The highest BCUT2D eigenvalue weighted by Crippen LogP contribution is 2.34. The molecule has 0 amide bonds. The minimum absolute atomic E-state index is 0.476. The Labute approximate surface area is 134 Å². The molecule has 0 aromatic heterocycles. The first-order valence-corrected chi connectivity index (χ1v) is 9.20. The Morgan fingerprint density at radius 3 is 1.86 bits per heavy atom. The average Bonchev–Trinajstić information content (AvgIpc) is 2.25. The number of hydrogen-bond donors (Lipinski definition) is 0. The molecule has 0 aliphatic carbocycles. The highest BCUT2D eigenvalue weighted by atomic mass is 15.1. The zero-order valence-corrected chi connectivity index (χ0v) is 16.1. The second kappa shape index (κ2) is 7.49. The van der Waals surface area contributed by atoms with Crippen LogP contribution in [-0.2, 0) is 0 Å². The monoisotopic (exact) mass is 295 g/mol. The molecular formula is C20H41N. The summed E-state index contributed by atoms with van der Waals surface area (Å²) in [5.41, 5.74) is 0.975. The fourth-order valence-electron chi connectivity index (χ4n) is 4.31. The summed E-state index contributed by atoms with van der Waals surface area (Å²) < 4.78 is 0. The molecule has 2 atom stereocenters. The van der Waals surface area contributed by atoms with E-state index < -0.39 is 0 Å². The lowest BCUT2D eigenvalue weighted by molar-refractivity contribution is 0.0985. The van der Waals surface area contributed by atoms with Crippen LogP contribution in [0.4, 0.5) is 0 Å². The Hall–Kier alpha value is -0.0400. The van der Waals surface area contributed by atoms with E-state index >= 15 is 0 Å². The fourth-order valence-corrected chi connectivity index (χ4v) is 4.31. The van der Waals surface area contributed by atoms with Gasteiger partial charge in [-0.05, 0) is 67.4 Å². The van der Waals surface area contributed by atoms with E-state index in [0.717, 1.165) is 17.8 Å². The van der Waals surface area contributed by atoms with Gasteiger partial charge in [-0.2, -0.15) is 0 Å². The number of piperidine rings is 1. The van der Waals surface area contributed by atoms with Crippen molar-refractivity contribution < 1.29 is 0 Å². The molecule has 1 rings (SSSR count). The number of hydrogen-bond acceptors (Lipinski definition) is 1. The summed E-state index contributed by atoms with van der Waals surface area (Å²) in [6, 6.07) is 0. The molecule has 21 heavy (non-hydrogen) atoms. The van der Waals surface area contributed by atoms with E-state index in [1.165, 1.54) is 45.3 Å². The molecule has 1 heteroatoms. The maximum atomic E-state index is 2.72. The van der Waals surface area contributed by atoms with Crippen LogP contribution < -0.4 is 0 Å². The number of likely N-dealkylation sites (tertiary alicyclic amines) is 1. The third-order valence-corrected chi connectivity index (χ3v) is 5.15. The molecule has 1 fully saturated rings. The Bertz CT molecular complexity index is 286. The van der Waals surface area contributed by atoms with Crippen LogP contribution in [0.15, 0.2) is 0 Å². The summed E-state index contributed by atoms with van der Waals surface area (Å²) in [7, 11) is 0. The van der Waals surface area contributed by atoms with Gasteiger partial charge >= 0.3 is 0 Å². The molecule has 0 bridgehead atoms. The van der Waals surface area contributed by atoms with Gasteiger partial charge in [0, 0.05) is 6.54 Å². The standard InChI is InChI=1S/C20H41N/c1-16(14-19(3,4)5)13-17(2)15-21-11-9-18(10-12-21)20(6,7)8/h16-18H,9-15H2,1-8H3. The number of rotatable bonds is 5. The second-order valence-corrected chi connectivity index (χ2v) is 10.2. The summed E-state index contributed by atoms with van der Waals surface area (Å²) in [4.78, 5) is 2.72. The molecule has 0 N–H and O–H groups in total. The fraction of sp³-hybridized carbons (Fsp3) is 1.00. The quantitative estimate of drug-likeness (QED) is 0.615. The van der Waals surface area contributed by atoms with Crippen molar-refractivity contribution >= 4 is 0 Å². The third kappa shape index (κ3) is 7.68. The Kier molecular flexibility index (Phi) is 6.78. The van der Waals surface area contributed by atoms with Crippen molar-refractivity contribution in [3.05, 3.63) is 0 Å². The van der Waals surface area contributed by atoms with Crippen molar-refractivity contribution in [3.63, 3.8) is 0 Å². The lowest BCUT2D eigenvalue weighted by Crippen LogP contribution is -2.40. The minimum atomic E-state index is 0.476. The smallest absolute Gasteiger partial charge is 0.000712 e. The molecule has 0 saturated carbocycles. The van der Waals surface area contributed by atoms with Gasteiger partial charge in [0.15, 0.2) is 0 Å². The lowest BCUT2D eigenvalue weighted by Gasteiger charge is -2.39. The van der Waals surface area contributed by atoms with E-state index in [9.17, 15) is 0 Å². The van der Waals surface area contributed by atoms with E-state index in [-0.39, 0.29) is 0 Å². The number of nitrogens with zero attached hydrogens (tertiary/aromatic N) is 1. The van der Waals surface area contributed by atoms with Crippen LogP contribution in [0.2, 0.25) is 0 Å². The van der Waals surface area contributed by atoms with Crippen molar-refractivity contribution in [1.29, 1.82) is 0 Å². The summed E-state index contributed by atoms with van der Waals surface area (Å²) in [6.07, 6.45) is 5.53. The van der Waals surface area contributed by atoms with Gasteiger partial charge in [0.2, 0.25) is 0 Å². The van der Waals surface area contributed by atoms with E-state index in [2.05, 4.69) is 60.3 Å². The molecule has 1 aliphatic heterocycles. The minimum Gasteiger partial charge on any atom is -0.303 e. The zero-order chi connectivity index (χ0) is 16.3. The van der Waals surface area contributed by atoms with Gasteiger partial charge in [0.25, 0.3) is 0 Å². The van der Waals surface area contributed by atoms with Gasteiger partial charge in [0.05, 0.1) is 0 Å². The van der Waals surface area contributed by atoms with Crippen LogP contribution in [0, 0.1) is 28.6 Å². The van der Waals surface area contributed by atoms with Crippen molar-refractivity contribution in [2.24, 2.45) is 28.6 Å². The molecule has 2 unspecified atom stereocenters. The first kappa shape index (κ1) is 19.0. The van der Waals surface area contributed by atoms with Gasteiger partial charge in [0.1, 0.15) is 0 Å². The molecule has 1 saturated heterocycles. The molecular weight excluding hydrogens is 254 g/mol. The Morgan fingerprint density at radius 1 is 0.905 bits per heavy atom. The van der Waals surface area contributed by atoms with E-state index in [1.807, 2.05) is 0 Å². The highest BCUT2D eigenvalue weighted by molar-refractivity contribution is 4.81. The van der Waals surface area contributed by atoms with Crippen LogP contribution in [0.5, 0.6) is 0 Å². The van der Waals surface area contributed by atoms with Crippen molar-refractivity contribution in [3.8, 4) is 0 Å². The van der Waals surface area contributed by atoms with E-state index in [0.29, 0.717) is 10.8 Å². The lowest BCUT2D eigenvalue weighted by atomic mass is 9.75. The Morgan fingerprint density at radius 2 is 1.43 bits per heavy atom. The third-order valence-electron chi connectivity index (χ3n) is 5.15.